The molecule has 0 radical (unpaired) electrons. The van der Waals surface area contributed by atoms with Crippen molar-refractivity contribution in [3.8, 4) is 11.5 Å². The Morgan fingerprint density at radius 3 is 2.60 bits per heavy atom. The molecule has 3 N–H and O–H groups in total. The molecule has 0 aliphatic heterocycles. The van der Waals surface area contributed by atoms with Gasteiger partial charge in [0.15, 0.2) is 16.6 Å². The van der Waals surface area contributed by atoms with Crippen LogP contribution < -0.4 is 25.6 Å². The zero-order valence-electron chi connectivity index (χ0n) is 14.2. The zero-order valence-corrected chi connectivity index (χ0v) is 15.8. The molecule has 8 heteroatoms. The first-order valence-corrected chi connectivity index (χ1v) is 8.78. The molecule has 0 saturated heterocycles. The molecule has 1 aliphatic rings. The van der Waals surface area contributed by atoms with Crippen LogP contribution in [0.1, 0.15) is 31.2 Å². The van der Waals surface area contributed by atoms with E-state index in [2.05, 4.69) is 16.2 Å². The number of halogens is 1. The third-order valence-electron chi connectivity index (χ3n) is 3.87. The Labute approximate surface area is 157 Å². The number of methoxy groups -OCH3 is 2. The number of nitrogens with one attached hydrogen (secondary N) is 3. The number of hydrogen-bond acceptors (Lipinski definition) is 4. The van der Waals surface area contributed by atoms with Crippen LogP contribution >= 0.6 is 23.8 Å². The van der Waals surface area contributed by atoms with E-state index < -0.39 is 0 Å². The SMILES string of the molecule is COc1cc(/C=C/C(=O)NNC(=S)NC2CCCC2)cc(Cl)c1OC. The number of rotatable bonds is 5. The van der Waals surface area contributed by atoms with Crippen molar-refractivity contribution in [1.29, 1.82) is 0 Å². The van der Waals surface area contributed by atoms with Gasteiger partial charge in [-0.25, -0.2) is 0 Å². The van der Waals surface area contributed by atoms with E-state index in [1.165, 1.54) is 33.1 Å². The van der Waals surface area contributed by atoms with Crippen LogP contribution in [0, 0.1) is 0 Å². The zero-order chi connectivity index (χ0) is 18.2. The predicted molar refractivity (Wildman–Crippen MR) is 103 cm³/mol. The highest BCUT2D eigenvalue weighted by Crippen LogP contribution is 2.36. The summed E-state index contributed by atoms with van der Waals surface area (Å²) in [6.45, 7) is 0. The second-order valence-electron chi connectivity index (χ2n) is 5.64. The van der Waals surface area contributed by atoms with Gasteiger partial charge in [0, 0.05) is 12.1 Å². The standard InChI is InChI=1S/C17H22ClN3O3S/c1-23-14-10-11(9-13(18)16(14)24-2)7-8-15(22)20-21-17(25)19-12-5-3-4-6-12/h7-10,12H,3-6H2,1-2H3,(H,20,22)(H2,19,21,25)/b8-7+. The lowest BCUT2D eigenvalue weighted by molar-refractivity contribution is -0.116. The lowest BCUT2D eigenvalue weighted by Gasteiger charge is -2.15. The van der Waals surface area contributed by atoms with Crippen LogP contribution in [0.25, 0.3) is 6.08 Å². The molecular formula is C17H22ClN3O3S. The van der Waals surface area contributed by atoms with Crippen molar-refractivity contribution < 1.29 is 14.3 Å². The van der Waals surface area contributed by atoms with E-state index in [4.69, 9.17) is 33.3 Å². The number of thiocarbonyl (C=S) groups is 1. The van der Waals surface area contributed by atoms with E-state index in [0.29, 0.717) is 33.2 Å². The Morgan fingerprint density at radius 2 is 1.96 bits per heavy atom. The van der Waals surface area contributed by atoms with Crippen LogP contribution in [0.2, 0.25) is 5.02 Å². The minimum absolute atomic E-state index is 0.332. The van der Waals surface area contributed by atoms with Crippen LogP contribution in [0.5, 0.6) is 11.5 Å². The van der Waals surface area contributed by atoms with Crippen molar-refractivity contribution in [2.24, 2.45) is 0 Å². The highest BCUT2D eigenvalue weighted by atomic mass is 35.5. The molecule has 1 saturated carbocycles. The van der Waals surface area contributed by atoms with Crippen molar-refractivity contribution >= 4 is 40.9 Å². The third-order valence-corrected chi connectivity index (χ3v) is 4.37. The molecule has 1 aliphatic carbocycles. The quantitative estimate of drug-likeness (QED) is 0.412. The van der Waals surface area contributed by atoms with E-state index >= 15 is 0 Å². The molecule has 1 fully saturated rings. The van der Waals surface area contributed by atoms with Gasteiger partial charge in [-0.05, 0) is 48.8 Å². The lowest BCUT2D eigenvalue weighted by Crippen LogP contribution is -2.48. The number of amides is 1. The average molecular weight is 384 g/mol. The van der Waals surface area contributed by atoms with Gasteiger partial charge in [0.05, 0.1) is 19.2 Å². The highest BCUT2D eigenvalue weighted by molar-refractivity contribution is 7.80. The Balaban J connectivity index is 1.87. The van der Waals surface area contributed by atoms with Crippen LogP contribution in [-0.2, 0) is 4.79 Å². The molecule has 0 aromatic heterocycles. The molecule has 6 nitrogen and oxygen atoms in total. The van der Waals surface area contributed by atoms with Gasteiger partial charge in [-0.2, -0.15) is 0 Å². The van der Waals surface area contributed by atoms with E-state index in [1.807, 2.05) is 0 Å². The Bertz CT molecular complexity index is 661. The number of hydrazine groups is 1. The molecule has 0 unspecified atom stereocenters. The Kier molecular flexibility index (Phi) is 7.33. The second kappa shape index (κ2) is 9.48. The summed E-state index contributed by atoms with van der Waals surface area (Å²) >= 11 is 11.3. The van der Waals surface area contributed by atoms with Gasteiger partial charge in [-0.15, -0.1) is 0 Å². The van der Waals surface area contributed by atoms with E-state index in [0.717, 1.165) is 12.8 Å². The first kappa shape index (κ1) is 19.3. The fourth-order valence-electron chi connectivity index (χ4n) is 2.66. The normalized spacial score (nSPS) is 14.4. The van der Waals surface area contributed by atoms with Crippen molar-refractivity contribution in [2.45, 2.75) is 31.7 Å². The number of hydrogen-bond donors (Lipinski definition) is 3. The van der Waals surface area contributed by atoms with Gasteiger partial charge in [0.1, 0.15) is 0 Å². The monoisotopic (exact) mass is 383 g/mol. The van der Waals surface area contributed by atoms with Crippen molar-refractivity contribution in [1.82, 2.24) is 16.2 Å². The molecule has 1 aromatic rings. The summed E-state index contributed by atoms with van der Waals surface area (Å²) in [6.07, 6.45) is 7.64. The van der Waals surface area contributed by atoms with Crippen LogP contribution in [-0.4, -0.2) is 31.3 Å². The van der Waals surface area contributed by atoms with Crippen LogP contribution in [0.15, 0.2) is 18.2 Å². The number of ether oxygens (including phenoxy) is 2. The first-order chi connectivity index (χ1) is 12.0. The van der Waals surface area contributed by atoms with Gasteiger partial charge in [-0.1, -0.05) is 24.4 Å². The molecule has 136 valence electrons. The van der Waals surface area contributed by atoms with E-state index in [1.54, 1.807) is 18.2 Å². The Hall–Kier alpha value is -1.99. The van der Waals surface area contributed by atoms with Crippen LogP contribution in [0.3, 0.4) is 0 Å². The third kappa shape index (κ3) is 5.79. The second-order valence-corrected chi connectivity index (χ2v) is 6.46. The summed E-state index contributed by atoms with van der Waals surface area (Å²) in [7, 11) is 3.04. The largest absolute Gasteiger partial charge is 0.493 e. The van der Waals surface area contributed by atoms with Gasteiger partial charge in [0.25, 0.3) is 5.91 Å². The summed E-state index contributed by atoms with van der Waals surface area (Å²) in [4.78, 5) is 11.9. The van der Waals surface area contributed by atoms with Crippen molar-refractivity contribution in [2.75, 3.05) is 14.2 Å². The number of carbonyl (C=O) groups is 1. The number of benzene rings is 1. The topological polar surface area (TPSA) is 71.6 Å². The molecule has 2 rings (SSSR count). The molecule has 0 bridgehead atoms. The van der Waals surface area contributed by atoms with Gasteiger partial charge < -0.3 is 14.8 Å². The van der Waals surface area contributed by atoms with Gasteiger partial charge >= 0.3 is 0 Å². The first-order valence-electron chi connectivity index (χ1n) is 7.99. The molecule has 0 atom stereocenters. The fourth-order valence-corrected chi connectivity index (χ4v) is 3.17. The summed E-state index contributed by atoms with van der Waals surface area (Å²) < 4.78 is 10.4. The predicted octanol–water partition coefficient (Wildman–Crippen LogP) is 2.81. The summed E-state index contributed by atoms with van der Waals surface area (Å²) in [5, 5.41) is 4.00. The number of carbonyl (C=O) groups excluding carboxylic acids is 1. The van der Waals surface area contributed by atoms with Crippen LogP contribution in [0.4, 0.5) is 0 Å². The minimum Gasteiger partial charge on any atom is -0.493 e. The smallest absolute Gasteiger partial charge is 0.262 e. The molecule has 25 heavy (non-hydrogen) atoms. The molecule has 1 amide bonds. The van der Waals surface area contributed by atoms with Gasteiger partial charge in [0.2, 0.25) is 0 Å². The highest BCUT2D eigenvalue weighted by Gasteiger charge is 2.15. The van der Waals surface area contributed by atoms with E-state index in [-0.39, 0.29) is 5.91 Å². The summed E-state index contributed by atoms with van der Waals surface area (Å²) in [5.74, 6) is 0.618. The molecule has 1 aromatic carbocycles. The molecule has 0 spiro atoms. The molecular weight excluding hydrogens is 362 g/mol. The average Bonchev–Trinajstić information content (AvgIpc) is 3.10. The fraction of sp³-hybridized carbons (Fsp3) is 0.412. The minimum atomic E-state index is -0.332. The lowest BCUT2D eigenvalue weighted by atomic mass is 10.2. The van der Waals surface area contributed by atoms with Gasteiger partial charge in [-0.3, -0.25) is 15.6 Å². The Morgan fingerprint density at radius 1 is 1.24 bits per heavy atom. The molecule has 0 heterocycles. The van der Waals surface area contributed by atoms with Crippen molar-refractivity contribution in [3.05, 3.63) is 28.8 Å². The summed E-state index contributed by atoms with van der Waals surface area (Å²) in [5.41, 5.74) is 5.93. The van der Waals surface area contributed by atoms with Crippen molar-refractivity contribution in [3.63, 3.8) is 0 Å². The van der Waals surface area contributed by atoms with E-state index in [9.17, 15) is 4.79 Å². The maximum absolute atomic E-state index is 11.9. The maximum Gasteiger partial charge on any atom is 0.262 e. The maximum atomic E-state index is 11.9. The summed E-state index contributed by atoms with van der Waals surface area (Å²) in [6, 6.07) is 3.81.